The highest BCUT2D eigenvalue weighted by Crippen LogP contribution is 2.12. The Labute approximate surface area is 99.5 Å². The fourth-order valence-corrected chi connectivity index (χ4v) is 1.66. The number of hydrogen-bond acceptors (Lipinski definition) is 3. The first kappa shape index (κ1) is 11.5. The number of allylic oxidation sites excluding steroid dienone is 2. The zero-order valence-corrected chi connectivity index (χ0v) is 9.50. The van der Waals surface area contributed by atoms with Crippen molar-refractivity contribution in [3.05, 3.63) is 48.1 Å². The van der Waals surface area contributed by atoms with Crippen LogP contribution in [0.3, 0.4) is 0 Å². The summed E-state index contributed by atoms with van der Waals surface area (Å²) in [5.41, 5.74) is 0.895. The number of methoxy groups -OCH3 is 1. The molecule has 0 aromatic rings. The van der Waals surface area contributed by atoms with Gasteiger partial charge in [-0.15, -0.1) is 0 Å². The number of ether oxygens (including phenoxy) is 1. The molecule has 88 valence electrons. The minimum absolute atomic E-state index is 0.0631. The number of amides is 2. The first-order valence-electron chi connectivity index (χ1n) is 5.32. The van der Waals surface area contributed by atoms with Crippen molar-refractivity contribution < 1.29 is 14.3 Å². The number of hydrogen-bond donors (Lipinski definition) is 0. The van der Waals surface area contributed by atoms with E-state index in [9.17, 15) is 9.59 Å². The van der Waals surface area contributed by atoms with Gasteiger partial charge in [-0.25, -0.2) is 0 Å². The van der Waals surface area contributed by atoms with E-state index < -0.39 is 0 Å². The summed E-state index contributed by atoms with van der Waals surface area (Å²) in [7, 11) is 1.63. The molecule has 4 nitrogen and oxygen atoms in total. The zero-order valence-electron chi connectivity index (χ0n) is 9.50. The van der Waals surface area contributed by atoms with Gasteiger partial charge >= 0.3 is 0 Å². The van der Waals surface area contributed by atoms with Gasteiger partial charge in [0, 0.05) is 19.3 Å². The second-order valence-corrected chi connectivity index (χ2v) is 3.78. The minimum Gasteiger partial charge on any atom is -0.373 e. The minimum atomic E-state index is -0.263. The Kier molecular flexibility index (Phi) is 3.35. The molecule has 0 N–H and O–H groups in total. The van der Waals surface area contributed by atoms with Gasteiger partial charge in [0.15, 0.2) is 0 Å². The summed E-state index contributed by atoms with van der Waals surface area (Å²) in [4.78, 5) is 24.0. The van der Waals surface area contributed by atoms with Crippen LogP contribution in [0.5, 0.6) is 0 Å². The monoisotopic (exact) mass is 231 g/mol. The van der Waals surface area contributed by atoms with E-state index in [0.29, 0.717) is 6.54 Å². The van der Waals surface area contributed by atoms with Crippen LogP contribution in [0.2, 0.25) is 0 Å². The first-order chi connectivity index (χ1) is 8.20. The van der Waals surface area contributed by atoms with Crippen molar-refractivity contribution in [2.75, 3.05) is 13.7 Å². The fourth-order valence-electron chi connectivity index (χ4n) is 1.66. The molecule has 1 unspecified atom stereocenters. The Bertz CT molecular complexity index is 439. The number of carbonyl (C=O) groups excluding carboxylic acids is 2. The van der Waals surface area contributed by atoms with Crippen LogP contribution in [-0.4, -0.2) is 36.5 Å². The van der Waals surface area contributed by atoms with E-state index in [2.05, 4.69) is 0 Å². The van der Waals surface area contributed by atoms with Crippen LogP contribution in [0.1, 0.15) is 0 Å². The molecule has 1 aliphatic heterocycles. The summed E-state index contributed by atoms with van der Waals surface area (Å²) in [6, 6.07) is 0. The molecule has 0 aromatic carbocycles. The summed E-state index contributed by atoms with van der Waals surface area (Å²) in [6.07, 6.45) is 11.9. The van der Waals surface area contributed by atoms with Crippen molar-refractivity contribution in [3.63, 3.8) is 0 Å². The van der Waals surface area contributed by atoms with Crippen LogP contribution in [0.15, 0.2) is 48.1 Å². The lowest BCUT2D eigenvalue weighted by atomic mass is 10.2. The first-order valence-corrected chi connectivity index (χ1v) is 5.32. The molecule has 0 aromatic heterocycles. The molecule has 2 aliphatic rings. The Hall–Kier alpha value is -1.94. The smallest absolute Gasteiger partial charge is 0.253 e. The van der Waals surface area contributed by atoms with Crippen molar-refractivity contribution in [2.45, 2.75) is 6.10 Å². The van der Waals surface area contributed by atoms with Gasteiger partial charge in [0.05, 0.1) is 12.6 Å². The molecule has 17 heavy (non-hydrogen) atoms. The van der Waals surface area contributed by atoms with Crippen LogP contribution < -0.4 is 0 Å². The second kappa shape index (κ2) is 4.93. The third-order valence-corrected chi connectivity index (χ3v) is 2.62. The van der Waals surface area contributed by atoms with Crippen molar-refractivity contribution in [2.24, 2.45) is 0 Å². The van der Waals surface area contributed by atoms with E-state index in [-0.39, 0.29) is 17.9 Å². The summed E-state index contributed by atoms with van der Waals surface area (Å²) < 4.78 is 5.16. The maximum atomic E-state index is 11.4. The molecule has 0 saturated carbocycles. The van der Waals surface area contributed by atoms with Gasteiger partial charge in [-0.2, -0.15) is 0 Å². The predicted octanol–water partition coefficient (Wildman–Crippen LogP) is 0.979. The topological polar surface area (TPSA) is 46.6 Å². The zero-order chi connectivity index (χ0) is 12.3. The van der Waals surface area contributed by atoms with Gasteiger partial charge in [-0.3, -0.25) is 14.5 Å². The van der Waals surface area contributed by atoms with Gasteiger partial charge in [0.1, 0.15) is 0 Å². The van der Waals surface area contributed by atoms with E-state index in [1.807, 2.05) is 30.4 Å². The third-order valence-electron chi connectivity index (χ3n) is 2.62. The second-order valence-electron chi connectivity index (χ2n) is 3.78. The SMILES string of the molecule is COC1C=CC=C(CN2C(=O)C=CC2=O)C=C1. The predicted molar refractivity (Wildman–Crippen MR) is 63.0 cm³/mol. The van der Waals surface area contributed by atoms with Gasteiger partial charge in [-0.1, -0.05) is 30.4 Å². The molecule has 1 atom stereocenters. The molecule has 0 fully saturated rings. The summed E-state index contributed by atoms with van der Waals surface area (Å²) in [5, 5.41) is 0. The molecular formula is C13H13NO3. The van der Waals surface area contributed by atoms with Crippen molar-refractivity contribution in [3.8, 4) is 0 Å². The van der Waals surface area contributed by atoms with Crippen LogP contribution in [0.4, 0.5) is 0 Å². The van der Waals surface area contributed by atoms with Gasteiger partial charge in [-0.05, 0) is 5.57 Å². The average molecular weight is 231 g/mol. The Morgan fingerprint density at radius 2 is 1.88 bits per heavy atom. The molecule has 2 rings (SSSR count). The Balaban J connectivity index is 2.06. The molecular weight excluding hydrogens is 218 g/mol. The highest BCUT2D eigenvalue weighted by Gasteiger charge is 2.23. The quantitative estimate of drug-likeness (QED) is 0.680. The maximum Gasteiger partial charge on any atom is 0.253 e. The van der Waals surface area contributed by atoms with Crippen LogP contribution >= 0.6 is 0 Å². The van der Waals surface area contributed by atoms with Crippen molar-refractivity contribution in [1.29, 1.82) is 0 Å². The highest BCUT2D eigenvalue weighted by molar-refractivity contribution is 6.13. The lowest BCUT2D eigenvalue weighted by Gasteiger charge is -2.13. The van der Waals surface area contributed by atoms with Crippen molar-refractivity contribution in [1.82, 2.24) is 4.90 Å². The fraction of sp³-hybridized carbons (Fsp3) is 0.231. The van der Waals surface area contributed by atoms with E-state index in [4.69, 9.17) is 4.74 Å². The van der Waals surface area contributed by atoms with Crippen molar-refractivity contribution >= 4 is 11.8 Å². The molecule has 1 heterocycles. The standard InChI is InChI=1S/C13H13NO3/c1-17-11-4-2-3-10(5-6-11)9-14-12(15)7-8-13(14)16/h2-8,11H,9H2,1H3. The third kappa shape index (κ3) is 2.60. The van der Waals surface area contributed by atoms with E-state index in [0.717, 1.165) is 5.57 Å². The summed E-state index contributed by atoms with van der Waals surface area (Å²) in [6.45, 7) is 0.294. The molecule has 0 bridgehead atoms. The number of imide groups is 1. The van der Waals surface area contributed by atoms with E-state index in [1.165, 1.54) is 17.1 Å². The molecule has 2 amide bonds. The van der Waals surface area contributed by atoms with Gasteiger partial charge in [0.25, 0.3) is 11.8 Å². The lowest BCUT2D eigenvalue weighted by molar-refractivity contribution is -0.136. The molecule has 1 aliphatic carbocycles. The van der Waals surface area contributed by atoms with Gasteiger partial charge in [0.2, 0.25) is 0 Å². The normalized spacial score (nSPS) is 23.2. The van der Waals surface area contributed by atoms with E-state index in [1.54, 1.807) is 7.11 Å². The van der Waals surface area contributed by atoms with Crippen LogP contribution in [-0.2, 0) is 14.3 Å². The lowest BCUT2D eigenvalue weighted by Crippen LogP contribution is -2.31. The molecule has 0 radical (unpaired) electrons. The van der Waals surface area contributed by atoms with Gasteiger partial charge < -0.3 is 4.74 Å². The number of nitrogens with zero attached hydrogens (tertiary/aromatic N) is 1. The van der Waals surface area contributed by atoms with Crippen LogP contribution in [0.25, 0.3) is 0 Å². The maximum absolute atomic E-state index is 11.4. The molecule has 0 saturated heterocycles. The molecule has 4 heteroatoms. The van der Waals surface area contributed by atoms with E-state index >= 15 is 0 Å². The molecule has 0 spiro atoms. The Morgan fingerprint density at radius 1 is 1.18 bits per heavy atom. The number of carbonyl (C=O) groups is 2. The summed E-state index contributed by atoms with van der Waals surface area (Å²) in [5.74, 6) is -0.526. The average Bonchev–Trinajstić information content (AvgIpc) is 2.57. The largest absolute Gasteiger partial charge is 0.373 e. The van der Waals surface area contributed by atoms with Crippen LogP contribution in [0, 0.1) is 0 Å². The number of rotatable bonds is 3. The highest BCUT2D eigenvalue weighted by atomic mass is 16.5. The Morgan fingerprint density at radius 3 is 2.53 bits per heavy atom. The summed E-state index contributed by atoms with van der Waals surface area (Å²) >= 11 is 0.